The van der Waals surface area contributed by atoms with Crippen LogP contribution in [0.3, 0.4) is 0 Å². The molecule has 0 amide bonds. The lowest BCUT2D eigenvalue weighted by molar-refractivity contribution is -0.166. The molecule has 0 heterocycles. The van der Waals surface area contributed by atoms with Crippen molar-refractivity contribution in [3.8, 4) is 0 Å². The highest BCUT2D eigenvalue weighted by atomic mass is 32.2. The fourth-order valence-corrected chi connectivity index (χ4v) is 1.29. The van der Waals surface area contributed by atoms with Crippen molar-refractivity contribution >= 4 is 17.0 Å². The van der Waals surface area contributed by atoms with E-state index in [1.165, 1.54) is 0 Å². The lowest BCUT2D eigenvalue weighted by Crippen LogP contribution is -2.44. The van der Waals surface area contributed by atoms with Crippen molar-refractivity contribution in [1.82, 2.24) is 0 Å². The number of rotatable bonds is 6. The summed E-state index contributed by atoms with van der Waals surface area (Å²) in [5.41, 5.74) is -0.830. The monoisotopic (exact) mass is 307 g/mol. The van der Waals surface area contributed by atoms with Crippen LogP contribution in [0.5, 0.6) is 0 Å². The Bertz CT molecular complexity index is 352. The van der Waals surface area contributed by atoms with Gasteiger partial charge in [0, 0.05) is 17.5 Å². The minimum Gasteiger partial charge on any atom is -0.768 e. The van der Waals surface area contributed by atoms with Gasteiger partial charge < -0.3 is 9.29 Å². The minimum atomic E-state index is -5.14. The smallest absolute Gasteiger partial charge is 0.371 e. The summed E-state index contributed by atoms with van der Waals surface area (Å²) < 4.78 is 75.8. The lowest BCUT2D eigenvalue weighted by Gasteiger charge is -2.28. The second kappa shape index (κ2) is 6.17. The quantitative estimate of drug-likeness (QED) is 0.327. The molecule has 0 radical (unpaired) electrons. The summed E-state index contributed by atoms with van der Waals surface area (Å²) in [6.07, 6.45) is -1.97. The molecule has 0 aromatic heterocycles. The van der Waals surface area contributed by atoms with E-state index in [9.17, 15) is 31.1 Å². The van der Waals surface area contributed by atoms with E-state index < -0.39 is 53.1 Å². The van der Waals surface area contributed by atoms with Gasteiger partial charge in [0.1, 0.15) is 0 Å². The Kier molecular flexibility index (Phi) is 5.94. The third kappa shape index (κ3) is 5.06. The molecular formula is C10H15F4O4S-. The van der Waals surface area contributed by atoms with Gasteiger partial charge in [0.15, 0.2) is 0 Å². The largest absolute Gasteiger partial charge is 0.768 e. The predicted octanol–water partition coefficient (Wildman–Crippen LogP) is 2.46. The van der Waals surface area contributed by atoms with E-state index in [2.05, 4.69) is 4.74 Å². The lowest BCUT2D eigenvalue weighted by atomic mass is 9.97. The van der Waals surface area contributed by atoms with E-state index in [4.69, 9.17) is 0 Å². The summed E-state index contributed by atoms with van der Waals surface area (Å²) in [4.78, 5) is 11.2. The number of esters is 1. The SMILES string of the molecule is CC(C)(C)C(=O)OCCCC(F)(F)C(F)(F)S(=O)[O-]. The van der Waals surface area contributed by atoms with Crippen LogP contribution < -0.4 is 0 Å². The van der Waals surface area contributed by atoms with Crippen LogP contribution in [-0.4, -0.2) is 32.5 Å². The van der Waals surface area contributed by atoms with E-state index >= 15 is 0 Å². The molecule has 0 fully saturated rings. The first-order valence-electron chi connectivity index (χ1n) is 5.34. The Hall–Kier alpha value is -0.700. The van der Waals surface area contributed by atoms with Gasteiger partial charge in [0.05, 0.1) is 12.0 Å². The molecule has 0 spiro atoms. The number of hydrogen-bond acceptors (Lipinski definition) is 4. The number of carbonyl (C=O) groups excluding carboxylic acids is 1. The predicted molar refractivity (Wildman–Crippen MR) is 58.5 cm³/mol. The highest BCUT2D eigenvalue weighted by Gasteiger charge is 2.56. The molecule has 4 nitrogen and oxygen atoms in total. The van der Waals surface area contributed by atoms with Gasteiger partial charge in [-0.05, 0) is 27.2 Å². The van der Waals surface area contributed by atoms with Gasteiger partial charge in [-0.2, -0.15) is 17.6 Å². The van der Waals surface area contributed by atoms with Crippen LogP contribution in [0.2, 0.25) is 0 Å². The molecule has 0 saturated carbocycles. The van der Waals surface area contributed by atoms with Crippen LogP contribution in [-0.2, 0) is 20.6 Å². The summed E-state index contributed by atoms with van der Waals surface area (Å²) in [6, 6.07) is 0. The molecule has 0 aromatic carbocycles. The molecule has 0 N–H and O–H groups in total. The van der Waals surface area contributed by atoms with Gasteiger partial charge in [0.25, 0.3) is 0 Å². The van der Waals surface area contributed by atoms with Crippen LogP contribution in [0.15, 0.2) is 0 Å². The minimum absolute atomic E-state index is 0.479. The molecule has 0 aliphatic heterocycles. The van der Waals surface area contributed by atoms with Crippen LogP contribution in [0.4, 0.5) is 17.6 Å². The third-order valence-electron chi connectivity index (χ3n) is 2.12. The van der Waals surface area contributed by atoms with Gasteiger partial charge in [-0.15, -0.1) is 0 Å². The van der Waals surface area contributed by atoms with Gasteiger partial charge in [0.2, 0.25) is 0 Å². The molecule has 0 rings (SSSR count). The van der Waals surface area contributed by atoms with Crippen molar-refractivity contribution in [2.45, 2.75) is 44.8 Å². The first-order valence-corrected chi connectivity index (χ1v) is 6.42. The summed E-state index contributed by atoms with van der Waals surface area (Å²) in [5, 5.41) is -5.14. The number of alkyl halides is 4. The highest BCUT2D eigenvalue weighted by Crippen LogP contribution is 2.39. The van der Waals surface area contributed by atoms with Crippen molar-refractivity contribution in [2.75, 3.05) is 6.61 Å². The maximum Gasteiger partial charge on any atom is 0.371 e. The summed E-state index contributed by atoms with van der Waals surface area (Å²) in [6.45, 7) is 4.14. The van der Waals surface area contributed by atoms with E-state index in [0.717, 1.165) is 0 Å². The van der Waals surface area contributed by atoms with Crippen molar-refractivity contribution < 1.29 is 35.9 Å². The highest BCUT2D eigenvalue weighted by molar-refractivity contribution is 7.80. The van der Waals surface area contributed by atoms with Crippen LogP contribution in [0, 0.1) is 5.41 Å². The number of ether oxygens (including phenoxy) is 1. The fraction of sp³-hybridized carbons (Fsp3) is 0.900. The molecule has 9 heteroatoms. The van der Waals surface area contributed by atoms with Crippen molar-refractivity contribution in [1.29, 1.82) is 0 Å². The number of halogens is 4. The molecule has 19 heavy (non-hydrogen) atoms. The fourth-order valence-electron chi connectivity index (χ4n) is 0.943. The molecule has 1 unspecified atom stereocenters. The zero-order chi connectivity index (χ0) is 15.5. The molecule has 0 bridgehead atoms. The maximum absolute atomic E-state index is 12.9. The molecular weight excluding hydrogens is 292 g/mol. The Labute approximate surface area is 110 Å². The Morgan fingerprint density at radius 2 is 1.68 bits per heavy atom. The third-order valence-corrected chi connectivity index (χ3v) is 2.83. The van der Waals surface area contributed by atoms with Crippen LogP contribution in [0.1, 0.15) is 33.6 Å². The van der Waals surface area contributed by atoms with E-state index in [1.54, 1.807) is 20.8 Å². The number of carbonyl (C=O) groups is 1. The van der Waals surface area contributed by atoms with Crippen LogP contribution in [0.25, 0.3) is 0 Å². The zero-order valence-electron chi connectivity index (χ0n) is 10.7. The average Bonchev–Trinajstić information content (AvgIpc) is 2.22. The summed E-state index contributed by atoms with van der Waals surface area (Å²) in [7, 11) is 0. The second-order valence-corrected chi connectivity index (χ2v) is 5.93. The average molecular weight is 307 g/mol. The summed E-state index contributed by atoms with van der Waals surface area (Å²) >= 11 is -4.21. The van der Waals surface area contributed by atoms with Gasteiger partial charge >= 0.3 is 17.1 Å². The first kappa shape index (κ1) is 18.3. The van der Waals surface area contributed by atoms with E-state index in [1.807, 2.05) is 0 Å². The van der Waals surface area contributed by atoms with Crippen molar-refractivity contribution in [3.05, 3.63) is 0 Å². The summed E-state index contributed by atoms with van der Waals surface area (Å²) in [5.74, 6) is -5.36. The standard InChI is InChI=1S/C10H16F4O4S/c1-8(2,3)7(15)18-6-4-5-9(11,12)10(13,14)19(16)17/h4-6H2,1-3H3,(H,16,17)/p-1. The van der Waals surface area contributed by atoms with E-state index in [0.29, 0.717) is 0 Å². The maximum atomic E-state index is 12.9. The molecule has 114 valence electrons. The molecule has 0 aliphatic rings. The topological polar surface area (TPSA) is 66.4 Å². The normalized spacial score (nSPS) is 15.2. The Morgan fingerprint density at radius 1 is 1.21 bits per heavy atom. The van der Waals surface area contributed by atoms with Gasteiger partial charge in [-0.3, -0.25) is 9.00 Å². The molecule has 0 aliphatic carbocycles. The zero-order valence-corrected chi connectivity index (χ0v) is 11.5. The Balaban J connectivity index is 4.29. The van der Waals surface area contributed by atoms with Crippen molar-refractivity contribution in [3.63, 3.8) is 0 Å². The van der Waals surface area contributed by atoms with Gasteiger partial charge in [-0.25, -0.2) is 0 Å². The van der Waals surface area contributed by atoms with E-state index in [-0.39, 0.29) is 0 Å². The first-order chi connectivity index (χ1) is 8.32. The molecule has 0 aromatic rings. The second-order valence-electron chi connectivity index (χ2n) is 4.95. The van der Waals surface area contributed by atoms with Crippen molar-refractivity contribution in [2.24, 2.45) is 5.41 Å². The Morgan fingerprint density at radius 3 is 2.05 bits per heavy atom. The van der Waals surface area contributed by atoms with Crippen LogP contribution >= 0.6 is 0 Å². The number of hydrogen-bond donors (Lipinski definition) is 0. The molecule has 1 atom stereocenters. The molecule has 0 saturated heterocycles. The van der Waals surface area contributed by atoms with Gasteiger partial charge in [-0.1, -0.05) is 0 Å².